The van der Waals surface area contributed by atoms with Crippen LogP contribution in [0.5, 0.6) is 0 Å². The summed E-state index contributed by atoms with van der Waals surface area (Å²) in [5, 5.41) is 0. The molecule has 0 amide bonds. The van der Waals surface area contributed by atoms with Crippen molar-refractivity contribution in [3.8, 4) is 0 Å². The Balaban J connectivity index is 1.24. The summed E-state index contributed by atoms with van der Waals surface area (Å²) in [6.07, 6.45) is 11.5. The van der Waals surface area contributed by atoms with Crippen LogP contribution < -0.4 is 0 Å². The van der Waals surface area contributed by atoms with Gasteiger partial charge in [-0.25, -0.2) is 0 Å². The first-order chi connectivity index (χ1) is 22.7. The van der Waals surface area contributed by atoms with Gasteiger partial charge in [0.25, 0.3) is 0 Å². The number of ether oxygens (including phenoxy) is 5. The number of allylic oxidation sites excluding steroid dienone is 2. The topological polar surface area (TPSA) is 97.4 Å². The number of hydrogen-bond acceptors (Lipinski definition) is 8. The molecule has 5 fully saturated rings. The molecule has 49 heavy (non-hydrogen) atoms. The summed E-state index contributed by atoms with van der Waals surface area (Å²) in [4.78, 5) is 36.8. The lowest BCUT2D eigenvalue weighted by atomic mass is 9.33. The predicted octanol–water partition coefficient (Wildman–Crippen LogP) is 8.34. The van der Waals surface area contributed by atoms with E-state index >= 15 is 0 Å². The highest BCUT2D eigenvalue weighted by Crippen LogP contribution is 2.76. The van der Waals surface area contributed by atoms with Gasteiger partial charge in [0.15, 0.2) is 12.4 Å². The van der Waals surface area contributed by atoms with Crippen LogP contribution in [0.4, 0.5) is 0 Å². The molecule has 0 radical (unpaired) electrons. The predicted molar refractivity (Wildman–Crippen MR) is 186 cm³/mol. The third kappa shape index (κ3) is 5.72. The number of hydrogen-bond donors (Lipinski definition) is 0. The molecule has 0 aromatic carbocycles. The smallest absolute Gasteiger partial charge is 0.311 e. The zero-order valence-electron chi connectivity index (χ0n) is 32.2. The Morgan fingerprint density at radius 1 is 0.837 bits per heavy atom. The van der Waals surface area contributed by atoms with E-state index in [4.69, 9.17) is 23.7 Å². The van der Waals surface area contributed by atoms with Crippen molar-refractivity contribution in [1.29, 1.82) is 0 Å². The molecule has 0 unspecified atom stereocenters. The molecule has 1 heterocycles. The minimum atomic E-state index is -0.661. The molecule has 6 aliphatic rings. The zero-order chi connectivity index (χ0) is 35.9. The Bertz CT molecular complexity index is 1370. The lowest BCUT2D eigenvalue weighted by molar-refractivity contribution is -0.294. The lowest BCUT2D eigenvalue weighted by Gasteiger charge is -2.71. The quantitative estimate of drug-likeness (QED) is 0.123. The molecular formula is C41H64O8. The maximum absolute atomic E-state index is 13.0. The van der Waals surface area contributed by atoms with Crippen LogP contribution in [0.1, 0.15) is 140 Å². The first-order valence-corrected chi connectivity index (χ1v) is 19.2. The van der Waals surface area contributed by atoms with Crippen LogP contribution in [0, 0.1) is 50.2 Å². The van der Waals surface area contributed by atoms with Crippen molar-refractivity contribution in [1.82, 2.24) is 0 Å². The maximum Gasteiger partial charge on any atom is 0.311 e. The molecule has 1 aliphatic heterocycles. The second-order valence-corrected chi connectivity index (χ2v) is 19.0. The van der Waals surface area contributed by atoms with E-state index < -0.39 is 42.0 Å². The maximum atomic E-state index is 13.0. The molecule has 8 heteroatoms. The highest BCUT2D eigenvalue weighted by molar-refractivity contribution is 5.76. The Kier molecular flexibility index (Phi) is 9.28. The summed E-state index contributed by atoms with van der Waals surface area (Å²) < 4.78 is 29.7. The summed E-state index contributed by atoms with van der Waals surface area (Å²) in [7, 11) is 1.54. The summed E-state index contributed by atoms with van der Waals surface area (Å²) in [6.45, 7) is 21.8. The fourth-order valence-electron chi connectivity index (χ4n) is 13.0. The monoisotopic (exact) mass is 684 g/mol. The van der Waals surface area contributed by atoms with E-state index in [1.54, 1.807) is 12.7 Å². The first-order valence-electron chi connectivity index (χ1n) is 19.2. The van der Waals surface area contributed by atoms with Crippen LogP contribution in [0.2, 0.25) is 0 Å². The molecule has 0 N–H and O–H groups in total. The van der Waals surface area contributed by atoms with Gasteiger partial charge in [-0.3, -0.25) is 14.4 Å². The number of rotatable bonds is 5. The number of methoxy groups -OCH3 is 1. The van der Waals surface area contributed by atoms with Crippen molar-refractivity contribution < 1.29 is 38.1 Å². The largest absolute Gasteiger partial charge is 0.469 e. The van der Waals surface area contributed by atoms with Gasteiger partial charge >= 0.3 is 17.9 Å². The average molecular weight is 685 g/mol. The van der Waals surface area contributed by atoms with Crippen LogP contribution in [-0.4, -0.2) is 55.7 Å². The summed E-state index contributed by atoms with van der Waals surface area (Å²) in [6, 6.07) is 0. The van der Waals surface area contributed by atoms with Gasteiger partial charge < -0.3 is 23.7 Å². The van der Waals surface area contributed by atoms with Crippen LogP contribution in [0.15, 0.2) is 11.6 Å². The number of carbonyl (C=O) groups is 3. The lowest BCUT2D eigenvalue weighted by Crippen LogP contribution is -2.65. The van der Waals surface area contributed by atoms with Gasteiger partial charge in [0, 0.05) is 20.3 Å². The van der Waals surface area contributed by atoms with Crippen LogP contribution in [-0.2, 0) is 38.1 Å². The SMILES string of the molecule is COC(=O)[C@@]1(C)CC[C@]2(C)CC[C@]3(C)C(=CC[C@@H]4[C@@]5(C)CC[C@H](O[C@H]6C[C@H](OC(C)=O)[C@@H](OC(C)=O)[C@H](C)O6)C(C)(C)[C@@H]5CC[C@]43C)[C@@H]2C1. The Hall–Kier alpha value is -1.93. The van der Waals surface area contributed by atoms with E-state index in [0.29, 0.717) is 24.2 Å². The van der Waals surface area contributed by atoms with Crippen molar-refractivity contribution in [2.45, 2.75) is 171 Å². The molecule has 0 spiro atoms. The van der Waals surface area contributed by atoms with Gasteiger partial charge in [-0.1, -0.05) is 53.2 Å². The Morgan fingerprint density at radius 3 is 2.16 bits per heavy atom. The van der Waals surface area contributed by atoms with Gasteiger partial charge in [0.1, 0.15) is 6.10 Å². The molecule has 5 aliphatic carbocycles. The molecule has 8 nitrogen and oxygen atoms in total. The molecule has 13 atom stereocenters. The highest BCUT2D eigenvalue weighted by atomic mass is 16.7. The van der Waals surface area contributed by atoms with E-state index in [1.807, 2.05) is 6.92 Å². The fourth-order valence-corrected chi connectivity index (χ4v) is 13.0. The molecular weight excluding hydrogens is 620 g/mol. The summed E-state index contributed by atoms with van der Waals surface area (Å²) >= 11 is 0. The molecule has 4 saturated carbocycles. The van der Waals surface area contributed by atoms with Crippen LogP contribution in [0.3, 0.4) is 0 Å². The number of carbonyl (C=O) groups excluding carboxylic acids is 3. The standard InChI is InChI=1S/C41H64O8/c1-24-34(48-26(3)43)29(47-25(2)42)22-33(46-24)49-32-15-16-39(8)30(36(32,4)5)14-17-41(10)31(39)13-12-27-28-23-38(7,35(44)45-11)19-18-37(28,6)20-21-40(27,41)9/h12,24,28-34H,13-23H2,1-11H3/t24-,28-,29-,30-,31+,32-,33-,34-,37+,38-,39-,40+,41+/m0/s1. The average Bonchev–Trinajstić information content (AvgIpc) is 3.00. The van der Waals surface area contributed by atoms with E-state index in [2.05, 4.69) is 54.5 Å². The van der Waals surface area contributed by atoms with Gasteiger partial charge in [-0.05, 0) is 123 Å². The fraction of sp³-hybridized carbons (Fsp3) is 0.878. The van der Waals surface area contributed by atoms with Gasteiger partial charge in [-0.15, -0.1) is 0 Å². The second kappa shape index (κ2) is 12.3. The normalized spacial score (nSPS) is 48.8. The van der Waals surface area contributed by atoms with Gasteiger partial charge in [0.05, 0.1) is 24.7 Å². The molecule has 0 aromatic rings. The second-order valence-electron chi connectivity index (χ2n) is 19.0. The van der Waals surface area contributed by atoms with E-state index in [-0.39, 0.29) is 39.1 Å². The van der Waals surface area contributed by atoms with E-state index in [1.165, 1.54) is 33.1 Å². The van der Waals surface area contributed by atoms with Gasteiger partial charge in [0.2, 0.25) is 0 Å². The molecule has 1 saturated heterocycles. The number of esters is 3. The van der Waals surface area contributed by atoms with Crippen molar-refractivity contribution in [2.24, 2.45) is 50.2 Å². The minimum Gasteiger partial charge on any atom is -0.469 e. The molecule has 276 valence electrons. The Morgan fingerprint density at radius 2 is 1.51 bits per heavy atom. The zero-order valence-corrected chi connectivity index (χ0v) is 32.2. The van der Waals surface area contributed by atoms with E-state index in [0.717, 1.165) is 44.9 Å². The summed E-state index contributed by atoms with van der Waals surface area (Å²) in [5.74, 6) is 0.596. The molecule has 0 aromatic heterocycles. The summed E-state index contributed by atoms with van der Waals surface area (Å²) in [5.41, 5.74) is 1.83. The van der Waals surface area contributed by atoms with Crippen LogP contribution in [0.25, 0.3) is 0 Å². The first kappa shape index (κ1) is 36.8. The molecule has 6 rings (SSSR count). The minimum absolute atomic E-state index is 0.00529. The van der Waals surface area contributed by atoms with Crippen molar-refractivity contribution in [3.63, 3.8) is 0 Å². The van der Waals surface area contributed by atoms with Crippen LogP contribution >= 0.6 is 0 Å². The van der Waals surface area contributed by atoms with Gasteiger partial charge in [-0.2, -0.15) is 0 Å². The number of fused-ring (bicyclic) bond motifs is 7. The van der Waals surface area contributed by atoms with Crippen molar-refractivity contribution in [3.05, 3.63) is 11.6 Å². The van der Waals surface area contributed by atoms with Crippen molar-refractivity contribution >= 4 is 17.9 Å². The Labute approximate surface area is 295 Å². The van der Waals surface area contributed by atoms with E-state index in [9.17, 15) is 14.4 Å². The third-order valence-electron chi connectivity index (χ3n) is 16.0. The molecule has 0 bridgehead atoms. The van der Waals surface area contributed by atoms with Crippen molar-refractivity contribution in [2.75, 3.05) is 7.11 Å². The highest BCUT2D eigenvalue weighted by Gasteiger charge is 2.68. The third-order valence-corrected chi connectivity index (χ3v) is 16.0.